The van der Waals surface area contributed by atoms with Crippen molar-refractivity contribution in [3.8, 4) is 17.2 Å². The summed E-state index contributed by atoms with van der Waals surface area (Å²) in [7, 11) is 0. The molecule has 1 N–H and O–H groups in total. The van der Waals surface area contributed by atoms with Gasteiger partial charge in [0.05, 0.1) is 18.2 Å². The molecule has 0 bridgehead atoms. The number of benzene rings is 3. The maximum Gasteiger partial charge on any atom is 0.295 e. The smallest absolute Gasteiger partial charge is 0.295 e. The fourth-order valence-corrected chi connectivity index (χ4v) is 4.70. The van der Waals surface area contributed by atoms with Crippen LogP contribution >= 0.6 is 0 Å². The Morgan fingerprint density at radius 1 is 0.974 bits per heavy atom. The van der Waals surface area contributed by atoms with Gasteiger partial charge in [0, 0.05) is 12.1 Å². The molecule has 7 nitrogen and oxygen atoms in total. The largest absolute Gasteiger partial charge is 0.507 e. The van der Waals surface area contributed by atoms with Crippen molar-refractivity contribution >= 4 is 17.4 Å². The Hall–Kier alpha value is -4.26. The van der Waals surface area contributed by atoms with Gasteiger partial charge in [0.2, 0.25) is 0 Å². The van der Waals surface area contributed by atoms with Crippen molar-refractivity contribution in [1.29, 1.82) is 0 Å². The highest BCUT2D eigenvalue weighted by Gasteiger charge is 2.46. The maximum atomic E-state index is 13.4. The highest BCUT2D eigenvalue weighted by molar-refractivity contribution is 6.46. The molecule has 196 valence electrons. The van der Waals surface area contributed by atoms with Gasteiger partial charge in [-0.2, -0.15) is 0 Å². The minimum Gasteiger partial charge on any atom is -0.507 e. The number of Topliss-reactive ketones (excluding diaryl/α,β-unsaturated/α-hetero) is 1. The highest BCUT2D eigenvalue weighted by Crippen LogP contribution is 2.42. The second kappa shape index (κ2) is 11.0. The Bertz CT molecular complexity index is 1360. The van der Waals surface area contributed by atoms with E-state index in [1.54, 1.807) is 18.2 Å². The summed E-state index contributed by atoms with van der Waals surface area (Å²) in [6.07, 6.45) is 0.904. The molecule has 2 aliphatic rings. The number of amides is 1. The van der Waals surface area contributed by atoms with Crippen LogP contribution in [0.1, 0.15) is 43.0 Å². The second-order valence-electron chi connectivity index (χ2n) is 9.87. The minimum atomic E-state index is -0.794. The van der Waals surface area contributed by atoms with Crippen LogP contribution in [0.3, 0.4) is 0 Å². The molecule has 0 spiro atoms. The average Bonchev–Trinajstić information content (AvgIpc) is 3.18. The first-order chi connectivity index (χ1) is 18.4. The van der Waals surface area contributed by atoms with Crippen molar-refractivity contribution in [3.63, 3.8) is 0 Å². The number of ether oxygens (including phenoxy) is 3. The van der Waals surface area contributed by atoms with E-state index in [1.807, 2.05) is 54.6 Å². The van der Waals surface area contributed by atoms with Gasteiger partial charge >= 0.3 is 0 Å². The van der Waals surface area contributed by atoms with Crippen LogP contribution in [0.25, 0.3) is 5.76 Å². The third-order valence-electron chi connectivity index (χ3n) is 6.69. The van der Waals surface area contributed by atoms with Crippen molar-refractivity contribution in [3.05, 3.63) is 95.1 Å². The van der Waals surface area contributed by atoms with Gasteiger partial charge in [-0.25, -0.2) is 0 Å². The third-order valence-corrected chi connectivity index (χ3v) is 6.69. The molecular formula is C31H31NO6. The summed E-state index contributed by atoms with van der Waals surface area (Å²) in [5.74, 6) is 0.548. The van der Waals surface area contributed by atoms with E-state index in [0.29, 0.717) is 54.1 Å². The minimum absolute atomic E-state index is 0.0296. The van der Waals surface area contributed by atoms with E-state index in [1.165, 1.54) is 4.90 Å². The molecule has 1 atom stereocenters. The Kier molecular flexibility index (Phi) is 7.36. The van der Waals surface area contributed by atoms with E-state index in [9.17, 15) is 14.7 Å². The number of carbonyl (C=O) groups excluding carboxylic acids is 2. The third kappa shape index (κ3) is 5.23. The Morgan fingerprint density at radius 2 is 1.74 bits per heavy atom. The molecule has 1 amide bonds. The average molecular weight is 514 g/mol. The number of rotatable bonds is 8. The van der Waals surface area contributed by atoms with Gasteiger partial charge in [0.15, 0.2) is 11.5 Å². The summed E-state index contributed by atoms with van der Waals surface area (Å²) in [6.45, 7) is 5.87. The molecular weight excluding hydrogens is 482 g/mol. The van der Waals surface area contributed by atoms with Crippen molar-refractivity contribution in [2.75, 3.05) is 19.8 Å². The van der Waals surface area contributed by atoms with E-state index in [0.717, 1.165) is 12.0 Å². The van der Waals surface area contributed by atoms with Crippen LogP contribution in [0.15, 0.2) is 78.4 Å². The van der Waals surface area contributed by atoms with Gasteiger partial charge < -0.3 is 24.2 Å². The first-order valence-corrected chi connectivity index (χ1v) is 12.9. The lowest BCUT2D eigenvalue weighted by Gasteiger charge is -2.26. The van der Waals surface area contributed by atoms with Crippen LogP contribution in [-0.2, 0) is 16.1 Å². The monoisotopic (exact) mass is 513 g/mol. The lowest BCUT2D eigenvalue weighted by Crippen LogP contribution is -2.29. The SMILES string of the molecule is CC(C)CCOc1cccc([C@@H]2/C(=C(\O)c3ccc4c(c3)OCCO4)C(=O)C(=O)N2Cc2ccccc2)c1. The van der Waals surface area contributed by atoms with Gasteiger partial charge in [-0.1, -0.05) is 56.3 Å². The van der Waals surface area contributed by atoms with E-state index in [2.05, 4.69) is 13.8 Å². The molecule has 1 saturated heterocycles. The summed E-state index contributed by atoms with van der Waals surface area (Å²) in [4.78, 5) is 28.3. The Balaban J connectivity index is 1.57. The predicted molar refractivity (Wildman–Crippen MR) is 143 cm³/mol. The number of ketones is 1. The first kappa shape index (κ1) is 25.4. The van der Waals surface area contributed by atoms with Gasteiger partial charge in [-0.15, -0.1) is 0 Å². The maximum absolute atomic E-state index is 13.4. The van der Waals surface area contributed by atoms with Crippen LogP contribution < -0.4 is 14.2 Å². The van der Waals surface area contributed by atoms with Gasteiger partial charge in [-0.05, 0) is 53.8 Å². The number of aliphatic hydroxyl groups is 1. The number of hydrogen-bond donors (Lipinski definition) is 1. The van der Waals surface area contributed by atoms with Crippen LogP contribution in [0.5, 0.6) is 17.2 Å². The number of fused-ring (bicyclic) bond motifs is 1. The van der Waals surface area contributed by atoms with Crippen molar-refractivity contribution in [1.82, 2.24) is 4.90 Å². The highest BCUT2D eigenvalue weighted by atomic mass is 16.6. The molecule has 0 aromatic heterocycles. The zero-order valence-electron chi connectivity index (χ0n) is 21.6. The number of likely N-dealkylation sites (tertiary alicyclic amines) is 1. The summed E-state index contributed by atoms with van der Waals surface area (Å²) in [5.41, 5.74) is 1.97. The lowest BCUT2D eigenvalue weighted by molar-refractivity contribution is -0.140. The molecule has 0 aliphatic carbocycles. The number of hydrogen-bond acceptors (Lipinski definition) is 6. The van der Waals surface area contributed by atoms with Crippen LogP contribution in [0, 0.1) is 5.92 Å². The van der Waals surface area contributed by atoms with Crippen LogP contribution in [-0.4, -0.2) is 41.5 Å². The summed E-state index contributed by atoms with van der Waals surface area (Å²) in [5, 5.41) is 11.4. The quantitative estimate of drug-likeness (QED) is 0.243. The molecule has 3 aromatic carbocycles. The molecule has 5 rings (SSSR count). The molecule has 3 aromatic rings. The molecule has 7 heteroatoms. The molecule has 38 heavy (non-hydrogen) atoms. The van der Waals surface area contributed by atoms with Crippen molar-refractivity contribution < 1.29 is 28.9 Å². The summed E-state index contributed by atoms with van der Waals surface area (Å²) >= 11 is 0. The predicted octanol–water partition coefficient (Wildman–Crippen LogP) is 5.50. The van der Waals surface area contributed by atoms with Crippen LogP contribution in [0.2, 0.25) is 0 Å². The standard InChI is InChI=1S/C31H31NO6/c1-20(2)13-14-36-24-10-6-9-22(17-24)28-27(29(33)23-11-12-25-26(18-23)38-16-15-37-25)30(34)31(35)32(28)19-21-7-4-3-5-8-21/h3-12,17-18,20,28,33H,13-16,19H2,1-2H3/b29-27+/t28-/m1/s1. The number of aliphatic hydroxyl groups excluding tert-OH is 1. The zero-order chi connectivity index (χ0) is 26.6. The molecule has 0 radical (unpaired) electrons. The molecule has 1 fully saturated rings. The van der Waals surface area contributed by atoms with E-state index >= 15 is 0 Å². The van der Waals surface area contributed by atoms with Crippen LogP contribution in [0.4, 0.5) is 0 Å². The van der Waals surface area contributed by atoms with Gasteiger partial charge in [0.1, 0.15) is 24.7 Å². The fourth-order valence-electron chi connectivity index (χ4n) is 4.70. The number of carbonyl (C=O) groups is 2. The zero-order valence-corrected chi connectivity index (χ0v) is 21.6. The van der Waals surface area contributed by atoms with E-state index in [-0.39, 0.29) is 17.9 Å². The van der Waals surface area contributed by atoms with Gasteiger partial charge in [0.25, 0.3) is 11.7 Å². The normalized spacial score (nSPS) is 18.2. The van der Waals surface area contributed by atoms with Crippen molar-refractivity contribution in [2.24, 2.45) is 5.92 Å². The summed E-state index contributed by atoms with van der Waals surface area (Å²) < 4.78 is 17.2. The lowest BCUT2D eigenvalue weighted by atomic mass is 9.94. The molecule has 2 aliphatic heterocycles. The Labute approximate surface area is 222 Å². The van der Waals surface area contributed by atoms with Gasteiger partial charge in [-0.3, -0.25) is 9.59 Å². The molecule has 0 saturated carbocycles. The van der Waals surface area contributed by atoms with E-state index in [4.69, 9.17) is 14.2 Å². The van der Waals surface area contributed by atoms with E-state index < -0.39 is 17.7 Å². The summed E-state index contributed by atoms with van der Waals surface area (Å²) in [6, 6.07) is 21.1. The Morgan fingerprint density at radius 3 is 2.50 bits per heavy atom. The molecule has 0 unspecified atom stereocenters. The van der Waals surface area contributed by atoms with Crippen molar-refractivity contribution in [2.45, 2.75) is 32.9 Å². The fraction of sp³-hybridized carbons (Fsp3) is 0.290. The topological polar surface area (TPSA) is 85.3 Å². The first-order valence-electron chi connectivity index (χ1n) is 12.9. The molecule has 2 heterocycles. The second-order valence-corrected chi connectivity index (χ2v) is 9.87. The number of nitrogens with zero attached hydrogens (tertiary/aromatic N) is 1.